The van der Waals surface area contributed by atoms with Gasteiger partial charge in [-0.2, -0.15) is 0 Å². The zero-order valence-corrected chi connectivity index (χ0v) is 17.8. The minimum absolute atomic E-state index is 0.00681. The molecule has 0 bridgehead atoms. The number of hydrogen-bond donors (Lipinski definition) is 2. The standard InChI is InChI=1S/C25H23N3O4/c1-16-24(32-19-10-8-18(30-2)9-11-19)23(28-25(26)27-16)21-13-12-20(14-22(21)29)31-15-17-6-4-3-5-7-17/h3-14,29H,15H2,1-2H3,(H2,26,27,28). The maximum Gasteiger partial charge on any atom is 0.221 e. The van der Waals surface area contributed by atoms with Gasteiger partial charge < -0.3 is 25.1 Å². The van der Waals surface area contributed by atoms with Gasteiger partial charge in [0.1, 0.15) is 35.3 Å². The Morgan fingerprint density at radius 2 is 1.56 bits per heavy atom. The van der Waals surface area contributed by atoms with Crippen molar-refractivity contribution in [3.8, 4) is 40.0 Å². The van der Waals surface area contributed by atoms with Crippen molar-refractivity contribution in [3.05, 3.63) is 84.1 Å². The molecular weight excluding hydrogens is 406 g/mol. The number of ether oxygens (including phenoxy) is 3. The summed E-state index contributed by atoms with van der Waals surface area (Å²) in [6.07, 6.45) is 0. The SMILES string of the molecule is COc1ccc(Oc2c(C)nc(N)nc2-c2ccc(OCc3ccccc3)cc2O)cc1. The van der Waals surface area contributed by atoms with E-state index in [1.54, 1.807) is 56.5 Å². The van der Waals surface area contributed by atoms with Gasteiger partial charge >= 0.3 is 0 Å². The van der Waals surface area contributed by atoms with Gasteiger partial charge in [0, 0.05) is 11.6 Å². The molecule has 0 saturated carbocycles. The van der Waals surface area contributed by atoms with Crippen LogP contribution in [0.2, 0.25) is 0 Å². The van der Waals surface area contributed by atoms with Gasteiger partial charge in [0.25, 0.3) is 0 Å². The quantitative estimate of drug-likeness (QED) is 0.421. The second-order valence-corrected chi connectivity index (χ2v) is 7.08. The number of aryl methyl sites for hydroxylation is 1. The number of benzene rings is 3. The van der Waals surface area contributed by atoms with Crippen LogP contribution in [0.1, 0.15) is 11.3 Å². The molecule has 0 fully saturated rings. The highest BCUT2D eigenvalue weighted by atomic mass is 16.5. The first kappa shape index (κ1) is 21.0. The largest absolute Gasteiger partial charge is 0.507 e. The van der Waals surface area contributed by atoms with Gasteiger partial charge in [-0.05, 0) is 48.9 Å². The molecule has 1 heterocycles. The van der Waals surface area contributed by atoms with E-state index in [0.29, 0.717) is 46.6 Å². The van der Waals surface area contributed by atoms with Crippen LogP contribution in [0.25, 0.3) is 11.3 Å². The van der Waals surface area contributed by atoms with Gasteiger partial charge in [-0.25, -0.2) is 9.97 Å². The fourth-order valence-electron chi connectivity index (χ4n) is 3.19. The van der Waals surface area contributed by atoms with Gasteiger partial charge in [0.2, 0.25) is 5.95 Å². The summed E-state index contributed by atoms with van der Waals surface area (Å²) in [6.45, 7) is 2.17. The molecule has 0 saturated heterocycles. The van der Waals surface area contributed by atoms with Gasteiger partial charge in [0.05, 0.1) is 12.8 Å². The van der Waals surface area contributed by atoms with Gasteiger partial charge in [-0.1, -0.05) is 30.3 Å². The minimum atomic E-state index is -0.00681. The number of phenolic OH excluding ortho intramolecular Hbond substituents is 1. The van der Waals surface area contributed by atoms with Crippen molar-refractivity contribution in [2.45, 2.75) is 13.5 Å². The summed E-state index contributed by atoms with van der Waals surface area (Å²) in [4.78, 5) is 8.54. The predicted octanol–water partition coefficient (Wildman–Crippen LogP) is 5.12. The summed E-state index contributed by atoms with van der Waals surface area (Å²) < 4.78 is 17.0. The highest BCUT2D eigenvalue weighted by molar-refractivity contribution is 5.75. The Labute approximate surface area is 186 Å². The molecule has 0 atom stereocenters. The number of nitrogens with zero attached hydrogens (tertiary/aromatic N) is 2. The third kappa shape index (κ3) is 4.73. The Morgan fingerprint density at radius 3 is 2.25 bits per heavy atom. The summed E-state index contributed by atoms with van der Waals surface area (Å²) in [5, 5.41) is 10.7. The molecule has 162 valence electrons. The maximum atomic E-state index is 10.7. The molecule has 0 aliphatic rings. The number of aromatic nitrogens is 2. The van der Waals surface area contributed by atoms with Crippen molar-refractivity contribution in [2.75, 3.05) is 12.8 Å². The van der Waals surface area contributed by atoms with Gasteiger partial charge in [0.15, 0.2) is 5.75 Å². The van der Waals surface area contributed by atoms with Crippen molar-refractivity contribution in [3.63, 3.8) is 0 Å². The fraction of sp³-hybridized carbons (Fsp3) is 0.120. The monoisotopic (exact) mass is 429 g/mol. The fourth-order valence-corrected chi connectivity index (χ4v) is 3.19. The Hall–Kier alpha value is -4.26. The highest BCUT2D eigenvalue weighted by Crippen LogP contribution is 2.40. The first-order valence-electron chi connectivity index (χ1n) is 9.99. The lowest BCUT2D eigenvalue weighted by Gasteiger charge is -2.15. The van der Waals surface area contributed by atoms with Gasteiger partial charge in [-0.3, -0.25) is 0 Å². The number of rotatable bonds is 7. The summed E-state index contributed by atoms with van der Waals surface area (Å²) in [6, 6.07) is 22.0. The first-order valence-corrected chi connectivity index (χ1v) is 9.99. The van der Waals surface area contributed by atoms with Crippen LogP contribution in [-0.4, -0.2) is 22.2 Å². The van der Waals surface area contributed by atoms with Crippen LogP contribution in [0.15, 0.2) is 72.8 Å². The van der Waals surface area contributed by atoms with E-state index in [9.17, 15) is 5.11 Å². The van der Waals surface area contributed by atoms with E-state index in [0.717, 1.165) is 5.56 Å². The molecule has 3 N–H and O–H groups in total. The third-order valence-electron chi connectivity index (χ3n) is 4.80. The molecule has 0 radical (unpaired) electrons. The molecule has 0 aliphatic carbocycles. The number of aromatic hydroxyl groups is 1. The molecule has 4 aromatic rings. The number of hydrogen-bond acceptors (Lipinski definition) is 7. The number of nitrogen functional groups attached to an aromatic ring is 1. The maximum absolute atomic E-state index is 10.7. The highest BCUT2D eigenvalue weighted by Gasteiger charge is 2.18. The lowest BCUT2D eigenvalue weighted by molar-refractivity contribution is 0.304. The lowest BCUT2D eigenvalue weighted by atomic mass is 10.1. The smallest absolute Gasteiger partial charge is 0.221 e. The predicted molar refractivity (Wildman–Crippen MR) is 122 cm³/mol. The molecular formula is C25H23N3O4. The van der Waals surface area contributed by atoms with E-state index in [2.05, 4.69) is 9.97 Å². The topological polar surface area (TPSA) is 99.7 Å². The Morgan fingerprint density at radius 1 is 0.875 bits per heavy atom. The van der Waals surface area contributed by atoms with Crippen LogP contribution < -0.4 is 19.9 Å². The molecule has 4 rings (SSSR count). The van der Waals surface area contributed by atoms with Crippen molar-refractivity contribution >= 4 is 5.95 Å². The average molecular weight is 429 g/mol. The second-order valence-electron chi connectivity index (χ2n) is 7.08. The molecule has 7 heteroatoms. The Bertz CT molecular complexity index is 1210. The molecule has 32 heavy (non-hydrogen) atoms. The van der Waals surface area contributed by atoms with Crippen LogP contribution in [0.5, 0.6) is 28.7 Å². The van der Waals surface area contributed by atoms with Crippen LogP contribution in [0.4, 0.5) is 5.95 Å². The summed E-state index contributed by atoms with van der Waals surface area (Å²) >= 11 is 0. The third-order valence-corrected chi connectivity index (χ3v) is 4.80. The molecule has 0 spiro atoms. The molecule has 0 amide bonds. The van der Waals surface area contributed by atoms with Crippen LogP contribution in [0.3, 0.4) is 0 Å². The van der Waals surface area contributed by atoms with E-state index in [-0.39, 0.29) is 11.7 Å². The van der Waals surface area contributed by atoms with Crippen molar-refractivity contribution < 1.29 is 19.3 Å². The van der Waals surface area contributed by atoms with Gasteiger partial charge in [-0.15, -0.1) is 0 Å². The van der Waals surface area contributed by atoms with Crippen LogP contribution in [-0.2, 0) is 6.61 Å². The normalized spacial score (nSPS) is 10.6. The second kappa shape index (κ2) is 9.26. The van der Waals surface area contributed by atoms with E-state index in [1.165, 1.54) is 0 Å². The Kier molecular flexibility index (Phi) is 6.07. The van der Waals surface area contributed by atoms with Crippen molar-refractivity contribution in [1.29, 1.82) is 0 Å². The summed E-state index contributed by atoms with van der Waals surface area (Å²) in [5.74, 6) is 2.30. The average Bonchev–Trinajstić information content (AvgIpc) is 2.80. The minimum Gasteiger partial charge on any atom is -0.507 e. The van der Waals surface area contributed by atoms with E-state index in [4.69, 9.17) is 19.9 Å². The van der Waals surface area contributed by atoms with Crippen LogP contribution in [0, 0.1) is 6.92 Å². The van der Waals surface area contributed by atoms with E-state index < -0.39 is 0 Å². The van der Waals surface area contributed by atoms with Crippen molar-refractivity contribution in [2.24, 2.45) is 0 Å². The molecule has 0 aliphatic heterocycles. The number of methoxy groups -OCH3 is 1. The lowest BCUT2D eigenvalue weighted by Crippen LogP contribution is -2.03. The summed E-state index contributed by atoms with van der Waals surface area (Å²) in [5.41, 5.74) is 8.31. The first-order chi connectivity index (χ1) is 15.5. The van der Waals surface area contributed by atoms with E-state index in [1.807, 2.05) is 30.3 Å². The van der Waals surface area contributed by atoms with Crippen molar-refractivity contribution in [1.82, 2.24) is 9.97 Å². The number of anilines is 1. The van der Waals surface area contributed by atoms with E-state index >= 15 is 0 Å². The summed E-state index contributed by atoms with van der Waals surface area (Å²) in [7, 11) is 1.60. The molecule has 3 aromatic carbocycles. The molecule has 0 unspecified atom stereocenters. The zero-order valence-electron chi connectivity index (χ0n) is 17.8. The Balaban J connectivity index is 1.63. The number of phenols is 1. The zero-order chi connectivity index (χ0) is 22.5. The number of nitrogens with two attached hydrogens (primary N) is 1. The van der Waals surface area contributed by atoms with Crippen LogP contribution >= 0.6 is 0 Å². The molecule has 7 nitrogen and oxygen atoms in total. The molecule has 1 aromatic heterocycles.